The Kier molecular flexibility index (Phi) is 5.74. The molecule has 0 atom stereocenters. The van der Waals surface area contributed by atoms with Crippen LogP contribution in [-0.2, 0) is 0 Å². The molecule has 0 spiro atoms. The van der Waals surface area contributed by atoms with Crippen LogP contribution in [0, 0.1) is 0 Å². The molecule has 0 bridgehead atoms. The lowest BCUT2D eigenvalue weighted by Gasteiger charge is -2.19. The minimum Gasteiger partial charge on any atom is -0.354 e. The van der Waals surface area contributed by atoms with E-state index in [2.05, 4.69) is 30.2 Å². The van der Waals surface area contributed by atoms with Crippen LogP contribution in [0.3, 0.4) is 0 Å². The molecule has 1 aromatic heterocycles. The molecule has 1 heterocycles. The van der Waals surface area contributed by atoms with E-state index in [-0.39, 0.29) is 5.91 Å². The molecule has 0 saturated carbocycles. The first-order chi connectivity index (χ1) is 11.1. The number of amides is 1. The number of anilines is 2. The van der Waals surface area contributed by atoms with Crippen LogP contribution in [-0.4, -0.2) is 28.9 Å². The number of carbonyl (C=O) groups excluding carboxylic acids is 1. The molecular formula is C19H25N3O. The Morgan fingerprint density at radius 3 is 2.52 bits per heavy atom. The van der Waals surface area contributed by atoms with Crippen LogP contribution in [0.25, 0.3) is 0 Å². The van der Waals surface area contributed by atoms with Crippen molar-refractivity contribution in [3.63, 3.8) is 0 Å². The van der Waals surface area contributed by atoms with Crippen LogP contribution >= 0.6 is 0 Å². The van der Waals surface area contributed by atoms with E-state index in [9.17, 15) is 4.79 Å². The van der Waals surface area contributed by atoms with Gasteiger partial charge in [0.2, 0.25) is 0 Å². The number of para-hydroxylation sites is 1. The van der Waals surface area contributed by atoms with Crippen molar-refractivity contribution in [1.29, 1.82) is 0 Å². The normalized spacial score (nSPS) is 10.7. The second-order valence-corrected chi connectivity index (χ2v) is 5.81. The van der Waals surface area contributed by atoms with Crippen molar-refractivity contribution in [1.82, 2.24) is 9.88 Å². The Hall–Kier alpha value is -2.36. The molecule has 0 saturated heterocycles. The Balaban J connectivity index is 2.26. The summed E-state index contributed by atoms with van der Waals surface area (Å²) < 4.78 is 0. The van der Waals surface area contributed by atoms with Gasteiger partial charge >= 0.3 is 0 Å². The summed E-state index contributed by atoms with van der Waals surface area (Å²) in [4.78, 5) is 18.5. The van der Waals surface area contributed by atoms with Gasteiger partial charge in [-0.2, -0.15) is 0 Å². The van der Waals surface area contributed by atoms with Crippen LogP contribution in [0.2, 0.25) is 0 Å². The largest absolute Gasteiger partial charge is 0.354 e. The second kappa shape index (κ2) is 7.77. The molecular weight excluding hydrogens is 286 g/mol. The number of nitrogens with zero attached hydrogens (tertiary/aromatic N) is 2. The fraction of sp³-hybridized carbons (Fsp3) is 0.368. The molecule has 4 nitrogen and oxygen atoms in total. The minimum absolute atomic E-state index is 0.0169. The lowest BCUT2D eigenvalue weighted by Crippen LogP contribution is -2.30. The molecule has 1 amide bonds. The lowest BCUT2D eigenvalue weighted by atomic mass is 10.0. The highest BCUT2D eigenvalue weighted by atomic mass is 16.2. The van der Waals surface area contributed by atoms with E-state index in [4.69, 9.17) is 0 Å². The molecule has 0 fully saturated rings. The third-order valence-corrected chi connectivity index (χ3v) is 3.90. The van der Waals surface area contributed by atoms with E-state index < -0.39 is 0 Å². The highest BCUT2D eigenvalue weighted by molar-refractivity contribution is 5.94. The van der Waals surface area contributed by atoms with Gasteiger partial charge in [0.15, 0.2) is 0 Å². The molecule has 0 aliphatic heterocycles. The number of nitrogens with one attached hydrogen (secondary N) is 1. The summed E-state index contributed by atoms with van der Waals surface area (Å²) in [5.41, 5.74) is 3.74. The number of hydrogen-bond donors (Lipinski definition) is 1. The van der Waals surface area contributed by atoms with Crippen molar-refractivity contribution in [2.45, 2.75) is 33.6 Å². The predicted molar refractivity (Wildman–Crippen MR) is 95.3 cm³/mol. The number of aromatic nitrogens is 1. The summed E-state index contributed by atoms with van der Waals surface area (Å²) in [6.07, 6.45) is 3.37. The summed E-state index contributed by atoms with van der Waals surface area (Å²) >= 11 is 0. The van der Waals surface area contributed by atoms with Gasteiger partial charge in [0.25, 0.3) is 5.91 Å². The summed E-state index contributed by atoms with van der Waals surface area (Å²) in [5, 5.41) is 3.39. The van der Waals surface area contributed by atoms with Gasteiger partial charge in [-0.1, -0.05) is 32.0 Å². The Labute approximate surface area is 138 Å². The summed E-state index contributed by atoms with van der Waals surface area (Å²) in [5.74, 6) is 0.440. The minimum atomic E-state index is 0.0169. The van der Waals surface area contributed by atoms with Crippen molar-refractivity contribution >= 4 is 17.3 Å². The Morgan fingerprint density at radius 2 is 1.87 bits per heavy atom. The zero-order chi connectivity index (χ0) is 16.8. The molecule has 2 aromatic rings. The molecule has 122 valence electrons. The maximum absolute atomic E-state index is 12.4. The van der Waals surface area contributed by atoms with E-state index in [1.165, 1.54) is 5.56 Å². The average molecular weight is 311 g/mol. The van der Waals surface area contributed by atoms with E-state index >= 15 is 0 Å². The van der Waals surface area contributed by atoms with Gasteiger partial charge in [-0.3, -0.25) is 9.78 Å². The fourth-order valence-electron chi connectivity index (χ4n) is 2.59. The Morgan fingerprint density at radius 1 is 1.17 bits per heavy atom. The van der Waals surface area contributed by atoms with E-state index in [0.717, 1.165) is 11.4 Å². The first-order valence-electron chi connectivity index (χ1n) is 8.17. The van der Waals surface area contributed by atoms with Gasteiger partial charge in [0.1, 0.15) is 0 Å². The van der Waals surface area contributed by atoms with Gasteiger partial charge in [-0.05, 0) is 37.5 Å². The standard InChI is InChI=1S/C19H25N3O/c1-5-22(6-2)19(23)15-11-16(13-20-12-15)21-18-10-8-7-9-17(18)14(3)4/h7-14,21H,5-6H2,1-4H3. The van der Waals surface area contributed by atoms with Crippen LogP contribution < -0.4 is 5.32 Å². The highest BCUT2D eigenvalue weighted by Crippen LogP contribution is 2.26. The topological polar surface area (TPSA) is 45.2 Å². The van der Waals surface area contributed by atoms with Crippen LogP contribution in [0.15, 0.2) is 42.7 Å². The first-order valence-corrected chi connectivity index (χ1v) is 8.17. The molecule has 0 aliphatic rings. The average Bonchev–Trinajstić information content (AvgIpc) is 2.56. The number of rotatable bonds is 6. The van der Waals surface area contributed by atoms with Crippen molar-refractivity contribution in [2.24, 2.45) is 0 Å². The smallest absolute Gasteiger partial charge is 0.255 e. The second-order valence-electron chi connectivity index (χ2n) is 5.81. The number of hydrogen-bond acceptors (Lipinski definition) is 3. The molecule has 1 N–H and O–H groups in total. The van der Waals surface area contributed by atoms with Crippen LogP contribution in [0.1, 0.15) is 49.5 Å². The van der Waals surface area contributed by atoms with Crippen molar-refractivity contribution in [3.05, 3.63) is 53.9 Å². The summed E-state index contributed by atoms with van der Waals surface area (Å²) in [6, 6.07) is 10.1. The van der Waals surface area contributed by atoms with Crippen molar-refractivity contribution in [3.8, 4) is 0 Å². The maximum Gasteiger partial charge on any atom is 0.255 e. The highest BCUT2D eigenvalue weighted by Gasteiger charge is 2.13. The molecule has 2 rings (SSSR count). The quantitative estimate of drug-likeness (QED) is 0.858. The third kappa shape index (κ3) is 4.09. The summed E-state index contributed by atoms with van der Waals surface area (Å²) in [7, 11) is 0. The lowest BCUT2D eigenvalue weighted by molar-refractivity contribution is 0.0772. The maximum atomic E-state index is 12.4. The van der Waals surface area contributed by atoms with Gasteiger partial charge in [-0.15, -0.1) is 0 Å². The van der Waals surface area contributed by atoms with Gasteiger partial charge in [0.05, 0.1) is 17.4 Å². The van der Waals surface area contributed by atoms with Crippen LogP contribution in [0.4, 0.5) is 11.4 Å². The molecule has 0 radical (unpaired) electrons. The third-order valence-electron chi connectivity index (χ3n) is 3.90. The fourth-order valence-corrected chi connectivity index (χ4v) is 2.59. The predicted octanol–water partition coefficient (Wildman–Crippen LogP) is 4.43. The SMILES string of the molecule is CCN(CC)C(=O)c1cncc(Nc2ccccc2C(C)C)c1. The zero-order valence-electron chi connectivity index (χ0n) is 14.3. The molecule has 23 heavy (non-hydrogen) atoms. The number of pyridine rings is 1. The van der Waals surface area contributed by atoms with Gasteiger partial charge < -0.3 is 10.2 Å². The van der Waals surface area contributed by atoms with Gasteiger partial charge in [-0.25, -0.2) is 0 Å². The molecule has 4 heteroatoms. The number of carbonyl (C=O) groups is 1. The molecule has 0 unspecified atom stereocenters. The van der Waals surface area contributed by atoms with Crippen molar-refractivity contribution in [2.75, 3.05) is 18.4 Å². The van der Waals surface area contributed by atoms with Crippen molar-refractivity contribution < 1.29 is 4.79 Å². The van der Waals surface area contributed by atoms with E-state index in [0.29, 0.717) is 24.6 Å². The molecule has 1 aromatic carbocycles. The number of benzene rings is 1. The molecule has 0 aliphatic carbocycles. The Bertz CT molecular complexity index is 663. The first kappa shape index (κ1) is 17.0. The van der Waals surface area contributed by atoms with E-state index in [1.807, 2.05) is 38.1 Å². The van der Waals surface area contributed by atoms with Gasteiger partial charge in [0, 0.05) is 25.0 Å². The zero-order valence-corrected chi connectivity index (χ0v) is 14.3. The monoisotopic (exact) mass is 311 g/mol. The van der Waals surface area contributed by atoms with E-state index in [1.54, 1.807) is 17.3 Å². The van der Waals surface area contributed by atoms with Crippen LogP contribution in [0.5, 0.6) is 0 Å². The summed E-state index contributed by atoms with van der Waals surface area (Å²) in [6.45, 7) is 9.69.